The van der Waals surface area contributed by atoms with Crippen LogP contribution in [0.4, 0.5) is 4.39 Å². The lowest BCUT2D eigenvalue weighted by Gasteiger charge is -2.25. The van der Waals surface area contributed by atoms with E-state index in [-0.39, 0.29) is 23.4 Å². The van der Waals surface area contributed by atoms with E-state index in [1.165, 1.54) is 40.5 Å². The quantitative estimate of drug-likeness (QED) is 0.320. The van der Waals surface area contributed by atoms with Crippen molar-refractivity contribution in [1.29, 1.82) is 0 Å². The molecule has 0 spiro atoms. The van der Waals surface area contributed by atoms with Crippen LogP contribution in [0.2, 0.25) is 0 Å². The van der Waals surface area contributed by atoms with Gasteiger partial charge in [0.15, 0.2) is 0 Å². The predicted octanol–water partition coefficient (Wildman–Crippen LogP) is 5.27. The molecule has 1 amide bonds. The summed E-state index contributed by atoms with van der Waals surface area (Å²) in [6, 6.07) is 15.4. The number of rotatable bonds is 4. The van der Waals surface area contributed by atoms with E-state index < -0.39 is 23.5 Å². The molecule has 1 atom stereocenters. The number of nitrogens with zero attached hydrogens (tertiary/aromatic N) is 1. The Hall–Kier alpha value is -2.77. The Morgan fingerprint density at radius 2 is 1.76 bits per heavy atom. The Kier molecular flexibility index (Phi) is 5.34. The maximum Gasteiger partial charge on any atom is 0.295 e. The molecule has 0 radical (unpaired) electrons. The summed E-state index contributed by atoms with van der Waals surface area (Å²) in [5, 5.41) is 12.8. The van der Waals surface area contributed by atoms with Gasteiger partial charge in [-0.3, -0.25) is 9.59 Å². The lowest BCUT2D eigenvalue weighted by Crippen LogP contribution is -2.28. The van der Waals surface area contributed by atoms with Crippen LogP contribution >= 0.6 is 27.3 Å². The van der Waals surface area contributed by atoms with Crippen LogP contribution in [0.25, 0.3) is 5.76 Å². The van der Waals surface area contributed by atoms with E-state index in [4.69, 9.17) is 0 Å². The Labute approximate surface area is 179 Å². The molecule has 1 fully saturated rings. The molecule has 1 aromatic heterocycles. The number of carbonyl (C=O) groups is 2. The third-order valence-electron chi connectivity index (χ3n) is 4.75. The van der Waals surface area contributed by atoms with Gasteiger partial charge in [-0.15, -0.1) is 11.3 Å². The molecule has 4 nitrogen and oxygen atoms in total. The van der Waals surface area contributed by atoms with Gasteiger partial charge in [0.2, 0.25) is 0 Å². The van der Waals surface area contributed by atoms with Crippen molar-refractivity contribution >= 4 is 44.7 Å². The molecule has 2 aromatic carbocycles. The molecule has 2 heterocycles. The monoisotopic (exact) mass is 471 g/mol. The van der Waals surface area contributed by atoms with Crippen LogP contribution in [0.5, 0.6) is 0 Å². The minimum atomic E-state index is -0.753. The number of hydrogen-bond acceptors (Lipinski definition) is 4. The summed E-state index contributed by atoms with van der Waals surface area (Å²) in [7, 11) is 0. The average molecular weight is 472 g/mol. The van der Waals surface area contributed by atoms with E-state index in [0.29, 0.717) is 5.56 Å². The number of carbonyl (C=O) groups excluding carboxylic acids is 2. The Morgan fingerprint density at radius 1 is 1.07 bits per heavy atom. The topological polar surface area (TPSA) is 57.6 Å². The number of ketones is 1. The van der Waals surface area contributed by atoms with Gasteiger partial charge in [0, 0.05) is 14.9 Å². The van der Waals surface area contributed by atoms with Crippen molar-refractivity contribution in [2.45, 2.75) is 12.6 Å². The maximum absolute atomic E-state index is 13.3. The van der Waals surface area contributed by atoms with Gasteiger partial charge in [-0.2, -0.15) is 0 Å². The fourth-order valence-electron chi connectivity index (χ4n) is 3.37. The largest absolute Gasteiger partial charge is 0.507 e. The molecular weight excluding hydrogens is 457 g/mol. The highest BCUT2D eigenvalue weighted by Gasteiger charge is 2.46. The highest BCUT2D eigenvalue weighted by atomic mass is 79.9. The van der Waals surface area contributed by atoms with E-state index in [0.717, 1.165) is 9.35 Å². The molecule has 1 aliphatic rings. The zero-order valence-corrected chi connectivity index (χ0v) is 17.4. The molecule has 146 valence electrons. The Morgan fingerprint density at radius 3 is 2.38 bits per heavy atom. The van der Waals surface area contributed by atoms with Crippen molar-refractivity contribution < 1.29 is 19.1 Å². The van der Waals surface area contributed by atoms with Crippen molar-refractivity contribution in [3.8, 4) is 0 Å². The standard InChI is InChI=1S/C22H15BrFNO3S/c23-15-7-3-13(4-8-15)19-18(20(26)14-5-9-16(24)10-6-14)21(27)22(28)25(19)12-17-2-1-11-29-17/h1-11,19,26H,12H2/b20-18+. The summed E-state index contributed by atoms with van der Waals surface area (Å²) in [5.41, 5.74) is 0.982. The van der Waals surface area contributed by atoms with E-state index in [2.05, 4.69) is 15.9 Å². The third-order valence-corrected chi connectivity index (χ3v) is 6.14. The number of hydrogen-bond donors (Lipinski definition) is 1. The number of amides is 1. The van der Waals surface area contributed by atoms with Gasteiger partial charge < -0.3 is 10.0 Å². The first-order valence-electron chi connectivity index (χ1n) is 8.78. The molecule has 29 heavy (non-hydrogen) atoms. The van der Waals surface area contributed by atoms with Crippen LogP contribution in [0, 0.1) is 5.82 Å². The second kappa shape index (κ2) is 7.93. The predicted molar refractivity (Wildman–Crippen MR) is 113 cm³/mol. The van der Waals surface area contributed by atoms with E-state index in [1.807, 2.05) is 29.6 Å². The van der Waals surface area contributed by atoms with Gasteiger partial charge >= 0.3 is 0 Å². The van der Waals surface area contributed by atoms with Crippen molar-refractivity contribution in [2.75, 3.05) is 0 Å². The van der Waals surface area contributed by atoms with Crippen LogP contribution in [0.15, 0.2) is 76.1 Å². The molecule has 1 saturated heterocycles. The minimum absolute atomic E-state index is 0.000451. The number of aliphatic hydroxyl groups is 1. The molecular formula is C22H15BrFNO3S. The fraction of sp³-hybridized carbons (Fsp3) is 0.0909. The minimum Gasteiger partial charge on any atom is -0.507 e. The molecule has 1 unspecified atom stereocenters. The molecule has 3 aromatic rings. The van der Waals surface area contributed by atoms with Gasteiger partial charge in [-0.05, 0) is 53.4 Å². The zero-order chi connectivity index (χ0) is 20.5. The normalized spacial score (nSPS) is 18.4. The smallest absolute Gasteiger partial charge is 0.295 e. The lowest BCUT2D eigenvalue weighted by molar-refractivity contribution is -0.140. The van der Waals surface area contributed by atoms with Crippen molar-refractivity contribution in [2.24, 2.45) is 0 Å². The second-order valence-electron chi connectivity index (χ2n) is 6.56. The van der Waals surface area contributed by atoms with Crippen LogP contribution in [0.1, 0.15) is 22.0 Å². The highest BCUT2D eigenvalue weighted by Crippen LogP contribution is 2.40. The summed E-state index contributed by atoms with van der Waals surface area (Å²) in [6.07, 6.45) is 0. The number of benzene rings is 2. The van der Waals surface area contributed by atoms with Crippen LogP contribution in [0.3, 0.4) is 0 Å². The first kappa shape index (κ1) is 19.5. The molecule has 7 heteroatoms. The number of aliphatic hydroxyl groups excluding tert-OH is 1. The zero-order valence-electron chi connectivity index (χ0n) is 15.0. The Balaban J connectivity index is 1.86. The third kappa shape index (κ3) is 3.75. The molecule has 4 rings (SSSR count). The van der Waals surface area contributed by atoms with Gasteiger partial charge in [-0.25, -0.2) is 4.39 Å². The van der Waals surface area contributed by atoms with Gasteiger partial charge in [0.1, 0.15) is 11.6 Å². The maximum atomic E-state index is 13.3. The molecule has 1 aliphatic heterocycles. The fourth-order valence-corrected chi connectivity index (χ4v) is 4.34. The second-order valence-corrected chi connectivity index (χ2v) is 8.51. The van der Waals surface area contributed by atoms with Crippen molar-refractivity contribution in [3.05, 3.63) is 97.9 Å². The van der Waals surface area contributed by atoms with Crippen LogP contribution in [-0.4, -0.2) is 21.7 Å². The lowest BCUT2D eigenvalue weighted by atomic mass is 9.95. The SMILES string of the molecule is O=C1C(=O)N(Cc2cccs2)C(c2ccc(Br)cc2)/C1=C(\O)c1ccc(F)cc1. The number of halogens is 2. The summed E-state index contributed by atoms with van der Waals surface area (Å²) < 4.78 is 14.1. The van der Waals surface area contributed by atoms with Gasteiger partial charge in [0.25, 0.3) is 11.7 Å². The van der Waals surface area contributed by atoms with Crippen LogP contribution < -0.4 is 0 Å². The molecule has 0 bridgehead atoms. The van der Waals surface area contributed by atoms with Crippen LogP contribution in [-0.2, 0) is 16.1 Å². The number of Topliss-reactive ketones (excluding diaryl/α,β-unsaturated/α-hetero) is 1. The van der Waals surface area contributed by atoms with Gasteiger partial charge in [0.05, 0.1) is 18.2 Å². The van der Waals surface area contributed by atoms with E-state index >= 15 is 0 Å². The first-order chi connectivity index (χ1) is 14.0. The summed E-state index contributed by atoms with van der Waals surface area (Å²) >= 11 is 4.87. The molecule has 0 aliphatic carbocycles. The first-order valence-corrected chi connectivity index (χ1v) is 10.4. The summed E-state index contributed by atoms with van der Waals surface area (Å²) in [4.78, 5) is 28.1. The summed E-state index contributed by atoms with van der Waals surface area (Å²) in [6.45, 7) is 0.253. The average Bonchev–Trinajstić information content (AvgIpc) is 3.31. The van der Waals surface area contributed by atoms with E-state index in [9.17, 15) is 19.1 Å². The van der Waals surface area contributed by atoms with Crippen molar-refractivity contribution in [3.63, 3.8) is 0 Å². The van der Waals surface area contributed by atoms with Gasteiger partial charge in [-0.1, -0.05) is 34.1 Å². The van der Waals surface area contributed by atoms with Crippen molar-refractivity contribution in [1.82, 2.24) is 4.90 Å². The highest BCUT2D eigenvalue weighted by molar-refractivity contribution is 9.10. The summed E-state index contributed by atoms with van der Waals surface area (Å²) in [5.74, 6) is -2.19. The van der Waals surface area contributed by atoms with E-state index in [1.54, 1.807) is 12.1 Å². The Bertz CT molecular complexity index is 1090. The number of thiophene rings is 1. The molecule has 0 saturated carbocycles. The number of likely N-dealkylation sites (tertiary alicyclic amines) is 1. The molecule has 1 N–H and O–H groups in total.